The Labute approximate surface area is 101 Å². The predicted molar refractivity (Wildman–Crippen MR) is 67.8 cm³/mol. The van der Waals surface area contributed by atoms with Crippen molar-refractivity contribution < 1.29 is 9.59 Å². The smallest absolute Gasteiger partial charge is 0.160 e. The minimum atomic E-state index is -0.0567. The van der Waals surface area contributed by atoms with Crippen LogP contribution in [-0.2, 0) is 0 Å². The Morgan fingerprint density at radius 3 is 2.18 bits per heavy atom. The molecule has 1 aliphatic rings. The number of Topliss-reactive ketones (excluding diaryl/α,β-unsaturated/α-hetero) is 2. The van der Waals surface area contributed by atoms with Gasteiger partial charge < -0.3 is 4.90 Å². The normalized spacial score (nSPS) is 15.6. The average Bonchev–Trinajstić information content (AvgIpc) is 2.23. The Kier molecular flexibility index (Phi) is 3.01. The van der Waals surface area contributed by atoms with Gasteiger partial charge in [-0.3, -0.25) is 9.59 Å². The first kappa shape index (κ1) is 11.8. The zero-order valence-electron chi connectivity index (χ0n) is 10.5. The number of carbonyl (C=O) groups excluding carboxylic acids is 2. The third kappa shape index (κ3) is 2.23. The van der Waals surface area contributed by atoms with Gasteiger partial charge in [-0.05, 0) is 38.0 Å². The van der Waals surface area contributed by atoms with E-state index in [2.05, 4.69) is 11.8 Å². The van der Waals surface area contributed by atoms with Crippen molar-refractivity contribution in [2.45, 2.75) is 20.8 Å². The van der Waals surface area contributed by atoms with Crippen LogP contribution >= 0.6 is 0 Å². The molecule has 0 saturated carbocycles. The number of anilines is 1. The van der Waals surface area contributed by atoms with E-state index in [9.17, 15) is 9.59 Å². The number of hydrogen-bond donors (Lipinski definition) is 0. The van der Waals surface area contributed by atoms with Crippen molar-refractivity contribution >= 4 is 17.3 Å². The fourth-order valence-electron chi connectivity index (χ4n) is 2.24. The van der Waals surface area contributed by atoms with E-state index in [-0.39, 0.29) is 11.6 Å². The van der Waals surface area contributed by atoms with E-state index < -0.39 is 0 Å². The van der Waals surface area contributed by atoms with E-state index in [1.807, 2.05) is 12.1 Å². The average molecular weight is 231 g/mol. The summed E-state index contributed by atoms with van der Waals surface area (Å²) >= 11 is 0. The highest BCUT2D eigenvalue weighted by atomic mass is 16.1. The molecule has 2 rings (SSSR count). The van der Waals surface area contributed by atoms with Crippen molar-refractivity contribution in [1.82, 2.24) is 0 Å². The summed E-state index contributed by atoms with van der Waals surface area (Å²) in [5.41, 5.74) is 2.10. The van der Waals surface area contributed by atoms with Crippen LogP contribution in [0.1, 0.15) is 41.5 Å². The summed E-state index contributed by atoms with van der Waals surface area (Å²) in [4.78, 5) is 25.2. The molecule has 1 heterocycles. The Bertz CT molecular complexity index is 473. The third-order valence-corrected chi connectivity index (χ3v) is 3.19. The van der Waals surface area contributed by atoms with Gasteiger partial charge in [-0.1, -0.05) is 6.92 Å². The van der Waals surface area contributed by atoms with Crippen molar-refractivity contribution in [3.8, 4) is 0 Å². The largest absolute Gasteiger partial charge is 0.371 e. The van der Waals surface area contributed by atoms with Gasteiger partial charge in [0, 0.05) is 29.9 Å². The summed E-state index contributed by atoms with van der Waals surface area (Å²) < 4.78 is 0. The van der Waals surface area contributed by atoms with E-state index in [1.54, 1.807) is 6.07 Å². The van der Waals surface area contributed by atoms with Crippen LogP contribution in [0.5, 0.6) is 0 Å². The van der Waals surface area contributed by atoms with Crippen LogP contribution < -0.4 is 4.90 Å². The van der Waals surface area contributed by atoms with Gasteiger partial charge in [0.25, 0.3) is 0 Å². The molecule has 0 bridgehead atoms. The maximum absolute atomic E-state index is 11.5. The van der Waals surface area contributed by atoms with E-state index >= 15 is 0 Å². The summed E-state index contributed by atoms with van der Waals surface area (Å²) in [6, 6.07) is 5.53. The summed E-state index contributed by atoms with van der Waals surface area (Å²) in [7, 11) is 0. The molecule has 1 aromatic rings. The summed E-state index contributed by atoms with van der Waals surface area (Å²) in [6.07, 6.45) is 0. The molecule has 0 aromatic heterocycles. The molecular formula is C14H17NO2. The Balaban J connectivity index is 2.35. The van der Waals surface area contributed by atoms with E-state index in [4.69, 9.17) is 0 Å². The molecule has 0 aliphatic carbocycles. The minimum absolute atomic E-state index is 0.0504. The lowest BCUT2D eigenvalue weighted by Crippen LogP contribution is -2.45. The van der Waals surface area contributed by atoms with Gasteiger partial charge in [-0.2, -0.15) is 0 Å². The first-order chi connectivity index (χ1) is 7.99. The van der Waals surface area contributed by atoms with Gasteiger partial charge >= 0.3 is 0 Å². The molecule has 1 aliphatic heterocycles. The van der Waals surface area contributed by atoms with Gasteiger partial charge in [0.2, 0.25) is 0 Å². The lowest BCUT2D eigenvalue weighted by Gasteiger charge is -2.39. The molecule has 0 unspecified atom stereocenters. The third-order valence-electron chi connectivity index (χ3n) is 3.19. The highest BCUT2D eigenvalue weighted by molar-refractivity contribution is 6.07. The number of carbonyl (C=O) groups is 2. The summed E-state index contributed by atoms with van der Waals surface area (Å²) in [5.74, 6) is 0.604. The van der Waals surface area contributed by atoms with Crippen LogP contribution in [0.25, 0.3) is 0 Å². The van der Waals surface area contributed by atoms with Crippen LogP contribution in [0.3, 0.4) is 0 Å². The second-order valence-corrected chi connectivity index (χ2v) is 4.85. The molecule has 0 amide bonds. The zero-order valence-corrected chi connectivity index (χ0v) is 10.5. The van der Waals surface area contributed by atoms with Crippen molar-refractivity contribution in [3.05, 3.63) is 29.3 Å². The Morgan fingerprint density at radius 2 is 1.71 bits per heavy atom. The lowest BCUT2D eigenvalue weighted by atomic mass is 9.97. The topological polar surface area (TPSA) is 37.4 Å². The highest BCUT2D eigenvalue weighted by Crippen LogP contribution is 2.26. The molecule has 0 N–H and O–H groups in total. The van der Waals surface area contributed by atoms with Gasteiger partial charge in [-0.15, -0.1) is 0 Å². The quantitative estimate of drug-likeness (QED) is 0.750. The Hall–Kier alpha value is -1.64. The lowest BCUT2D eigenvalue weighted by molar-refractivity contribution is 0.0981. The molecule has 17 heavy (non-hydrogen) atoms. The maximum atomic E-state index is 11.5. The fraction of sp³-hybridized carbons (Fsp3) is 0.429. The molecule has 0 spiro atoms. The number of hydrogen-bond acceptors (Lipinski definition) is 3. The number of rotatable bonds is 3. The maximum Gasteiger partial charge on any atom is 0.160 e. The number of ketones is 2. The standard InChI is InChI=1S/C14H17NO2/c1-9-7-15(8-9)12-4-5-13(10(2)16)14(6-12)11(3)17/h4-6,9H,7-8H2,1-3H3. The number of benzene rings is 1. The minimum Gasteiger partial charge on any atom is -0.371 e. The van der Waals surface area contributed by atoms with E-state index in [0.717, 1.165) is 18.8 Å². The van der Waals surface area contributed by atoms with Crippen molar-refractivity contribution in [1.29, 1.82) is 0 Å². The monoisotopic (exact) mass is 231 g/mol. The first-order valence-corrected chi connectivity index (χ1v) is 5.90. The SMILES string of the molecule is CC(=O)c1ccc(N2CC(C)C2)cc1C(C)=O. The summed E-state index contributed by atoms with van der Waals surface area (Å²) in [6.45, 7) is 7.25. The Morgan fingerprint density at radius 1 is 1.12 bits per heavy atom. The molecule has 1 fully saturated rings. The van der Waals surface area contributed by atoms with Crippen LogP contribution in [0.4, 0.5) is 5.69 Å². The second-order valence-electron chi connectivity index (χ2n) is 4.85. The number of nitrogens with zero attached hydrogens (tertiary/aromatic N) is 1. The second kappa shape index (κ2) is 4.32. The van der Waals surface area contributed by atoms with Crippen LogP contribution in [0.15, 0.2) is 18.2 Å². The molecule has 0 atom stereocenters. The predicted octanol–water partition coefficient (Wildman–Crippen LogP) is 2.55. The zero-order chi connectivity index (χ0) is 12.6. The molecule has 1 aromatic carbocycles. The van der Waals surface area contributed by atoms with Crippen LogP contribution in [0.2, 0.25) is 0 Å². The van der Waals surface area contributed by atoms with E-state index in [1.165, 1.54) is 13.8 Å². The van der Waals surface area contributed by atoms with Gasteiger partial charge in [-0.25, -0.2) is 0 Å². The van der Waals surface area contributed by atoms with Crippen molar-refractivity contribution in [2.75, 3.05) is 18.0 Å². The molecule has 3 nitrogen and oxygen atoms in total. The van der Waals surface area contributed by atoms with Crippen molar-refractivity contribution in [3.63, 3.8) is 0 Å². The highest BCUT2D eigenvalue weighted by Gasteiger charge is 2.23. The molecule has 90 valence electrons. The summed E-state index contributed by atoms with van der Waals surface area (Å²) in [5, 5.41) is 0. The van der Waals surface area contributed by atoms with Gasteiger partial charge in [0.1, 0.15) is 0 Å². The van der Waals surface area contributed by atoms with Gasteiger partial charge in [0.15, 0.2) is 11.6 Å². The molecule has 0 radical (unpaired) electrons. The molecule has 3 heteroatoms. The van der Waals surface area contributed by atoms with E-state index in [0.29, 0.717) is 17.0 Å². The van der Waals surface area contributed by atoms with Crippen molar-refractivity contribution in [2.24, 2.45) is 5.92 Å². The van der Waals surface area contributed by atoms with Crippen LogP contribution in [0, 0.1) is 5.92 Å². The van der Waals surface area contributed by atoms with Gasteiger partial charge in [0.05, 0.1) is 0 Å². The molecule has 1 saturated heterocycles. The molecular weight excluding hydrogens is 214 g/mol. The van der Waals surface area contributed by atoms with Crippen LogP contribution in [-0.4, -0.2) is 24.7 Å². The fourth-order valence-corrected chi connectivity index (χ4v) is 2.24. The first-order valence-electron chi connectivity index (χ1n) is 5.90.